The summed E-state index contributed by atoms with van der Waals surface area (Å²) in [6.07, 6.45) is -0.722. The third-order valence-corrected chi connectivity index (χ3v) is 1.51. The zero-order chi connectivity index (χ0) is 10.4. The van der Waals surface area contributed by atoms with E-state index in [1.807, 2.05) is 6.07 Å². The van der Waals surface area contributed by atoms with Crippen LogP contribution in [0.1, 0.15) is 17.3 Å². The summed E-state index contributed by atoms with van der Waals surface area (Å²) in [4.78, 5) is 16.0. The Labute approximate surface area is 82.1 Å². The number of oxime groups is 1. The highest BCUT2D eigenvalue weighted by Gasteiger charge is 2.11. The second-order valence-corrected chi connectivity index (χ2v) is 2.57. The predicted octanol–water partition coefficient (Wildman–Crippen LogP) is 1.82. The molecule has 4 heteroatoms. The first-order valence-corrected chi connectivity index (χ1v) is 4.12. The van der Waals surface area contributed by atoms with Gasteiger partial charge >= 0.3 is 5.97 Å². The van der Waals surface area contributed by atoms with E-state index in [4.69, 9.17) is 4.74 Å². The molecule has 4 nitrogen and oxygen atoms in total. The molecule has 0 spiro atoms. The summed E-state index contributed by atoms with van der Waals surface area (Å²) in [5.74, 6) is -0.443. The van der Waals surface area contributed by atoms with Crippen molar-refractivity contribution in [1.82, 2.24) is 0 Å². The predicted molar refractivity (Wildman–Crippen MR) is 52.0 cm³/mol. The van der Waals surface area contributed by atoms with Crippen molar-refractivity contribution >= 4 is 12.7 Å². The van der Waals surface area contributed by atoms with Gasteiger partial charge in [0.15, 0.2) is 0 Å². The molecule has 0 fully saturated rings. The highest BCUT2D eigenvalue weighted by molar-refractivity contribution is 5.89. The molecule has 14 heavy (non-hydrogen) atoms. The van der Waals surface area contributed by atoms with Crippen LogP contribution in [0.4, 0.5) is 0 Å². The molecule has 1 rings (SSSR count). The summed E-state index contributed by atoms with van der Waals surface area (Å²) in [6.45, 7) is 4.68. The SMILES string of the molecule is C=NOC(C)OC(=O)c1ccccc1. The van der Waals surface area contributed by atoms with Crippen LogP contribution < -0.4 is 0 Å². The van der Waals surface area contributed by atoms with Crippen molar-refractivity contribution in [3.63, 3.8) is 0 Å². The van der Waals surface area contributed by atoms with Crippen LogP contribution in [0.15, 0.2) is 35.5 Å². The molecule has 1 aromatic rings. The lowest BCUT2D eigenvalue weighted by molar-refractivity contribution is -0.0962. The lowest BCUT2D eigenvalue weighted by Crippen LogP contribution is -2.15. The number of benzene rings is 1. The topological polar surface area (TPSA) is 47.9 Å². The molecule has 1 unspecified atom stereocenters. The van der Waals surface area contributed by atoms with E-state index in [9.17, 15) is 4.79 Å². The summed E-state index contributed by atoms with van der Waals surface area (Å²) in [7, 11) is 0. The van der Waals surface area contributed by atoms with Crippen LogP contribution in [0.25, 0.3) is 0 Å². The quantitative estimate of drug-likeness (QED) is 0.317. The lowest BCUT2D eigenvalue weighted by atomic mass is 10.2. The summed E-state index contributed by atoms with van der Waals surface area (Å²) >= 11 is 0. The summed E-state index contributed by atoms with van der Waals surface area (Å²) in [5, 5.41) is 3.16. The van der Waals surface area contributed by atoms with Crippen molar-refractivity contribution in [1.29, 1.82) is 0 Å². The van der Waals surface area contributed by atoms with E-state index in [1.54, 1.807) is 31.2 Å². The van der Waals surface area contributed by atoms with E-state index < -0.39 is 12.3 Å². The van der Waals surface area contributed by atoms with Crippen LogP contribution in [-0.2, 0) is 9.57 Å². The van der Waals surface area contributed by atoms with Gasteiger partial charge in [0.1, 0.15) is 0 Å². The maximum absolute atomic E-state index is 11.4. The molecular weight excluding hydrogens is 182 g/mol. The van der Waals surface area contributed by atoms with E-state index in [2.05, 4.69) is 16.7 Å². The second kappa shape index (κ2) is 5.01. The van der Waals surface area contributed by atoms with Crippen molar-refractivity contribution in [2.75, 3.05) is 0 Å². The number of nitrogens with zero attached hydrogens (tertiary/aromatic N) is 1. The largest absolute Gasteiger partial charge is 0.420 e. The minimum Gasteiger partial charge on any atom is -0.420 e. The summed E-state index contributed by atoms with van der Waals surface area (Å²) < 4.78 is 4.88. The van der Waals surface area contributed by atoms with Crippen LogP contribution in [0.5, 0.6) is 0 Å². The average molecular weight is 193 g/mol. The van der Waals surface area contributed by atoms with Gasteiger partial charge < -0.3 is 9.57 Å². The molecule has 0 saturated heterocycles. The number of esters is 1. The number of carbonyl (C=O) groups is 1. The minimum absolute atomic E-state index is 0.443. The van der Waals surface area contributed by atoms with E-state index in [1.165, 1.54) is 0 Å². The van der Waals surface area contributed by atoms with Crippen molar-refractivity contribution in [2.45, 2.75) is 13.2 Å². The number of ether oxygens (including phenoxy) is 1. The first-order chi connectivity index (χ1) is 6.74. The van der Waals surface area contributed by atoms with Gasteiger partial charge in [0.25, 0.3) is 6.29 Å². The number of hydrogen-bond donors (Lipinski definition) is 0. The van der Waals surface area contributed by atoms with Crippen molar-refractivity contribution < 1.29 is 14.4 Å². The van der Waals surface area contributed by atoms with Gasteiger partial charge in [0.2, 0.25) is 0 Å². The van der Waals surface area contributed by atoms with Gasteiger partial charge in [-0.3, -0.25) is 0 Å². The number of hydrogen-bond acceptors (Lipinski definition) is 4. The smallest absolute Gasteiger partial charge is 0.341 e. The van der Waals surface area contributed by atoms with Crippen molar-refractivity contribution in [3.05, 3.63) is 35.9 Å². The zero-order valence-electron chi connectivity index (χ0n) is 7.84. The molecule has 0 aromatic heterocycles. The monoisotopic (exact) mass is 193 g/mol. The zero-order valence-corrected chi connectivity index (χ0v) is 7.84. The molecular formula is C10H11NO3. The Morgan fingerprint density at radius 2 is 2.07 bits per heavy atom. The lowest BCUT2D eigenvalue weighted by Gasteiger charge is -2.10. The molecule has 0 aliphatic heterocycles. The second-order valence-electron chi connectivity index (χ2n) is 2.57. The van der Waals surface area contributed by atoms with E-state index in [0.717, 1.165) is 0 Å². The van der Waals surface area contributed by atoms with Gasteiger partial charge in [-0.25, -0.2) is 4.79 Å². The Balaban J connectivity index is 2.55. The maximum Gasteiger partial charge on any atom is 0.341 e. The highest BCUT2D eigenvalue weighted by atomic mass is 16.8. The summed E-state index contributed by atoms with van der Waals surface area (Å²) in [6, 6.07) is 8.66. The van der Waals surface area contributed by atoms with E-state index in [0.29, 0.717) is 5.56 Å². The molecule has 0 heterocycles. The number of rotatable bonds is 4. The molecule has 1 atom stereocenters. The first-order valence-electron chi connectivity index (χ1n) is 4.12. The normalized spacial score (nSPS) is 11.5. The van der Waals surface area contributed by atoms with Gasteiger partial charge in [0, 0.05) is 13.6 Å². The molecule has 74 valence electrons. The van der Waals surface area contributed by atoms with Gasteiger partial charge in [-0.2, -0.15) is 0 Å². The van der Waals surface area contributed by atoms with Gasteiger partial charge in [-0.05, 0) is 12.1 Å². The molecule has 0 bridgehead atoms. The van der Waals surface area contributed by atoms with Crippen LogP contribution in [0.3, 0.4) is 0 Å². The van der Waals surface area contributed by atoms with Crippen LogP contribution in [-0.4, -0.2) is 19.0 Å². The Bertz CT molecular complexity index is 310. The Kier molecular flexibility index (Phi) is 3.67. The van der Waals surface area contributed by atoms with Crippen molar-refractivity contribution in [3.8, 4) is 0 Å². The molecule has 0 aliphatic rings. The van der Waals surface area contributed by atoms with Gasteiger partial charge in [0.05, 0.1) is 5.56 Å². The molecule has 1 aromatic carbocycles. The van der Waals surface area contributed by atoms with E-state index in [-0.39, 0.29) is 0 Å². The molecule has 0 saturated carbocycles. The van der Waals surface area contributed by atoms with Crippen LogP contribution in [0, 0.1) is 0 Å². The maximum atomic E-state index is 11.4. The van der Waals surface area contributed by atoms with E-state index >= 15 is 0 Å². The highest BCUT2D eigenvalue weighted by Crippen LogP contribution is 2.04. The Morgan fingerprint density at radius 1 is 1.43 bits per heavy atom. The van der Waals surface area contributed by atoms with Gasteiger partial charge in [-0.1, -0.05) is 23.4 Å². The van der Waals surface area contributed by atoms with Gasteiger partial charge in [-0.15, -0.1) is 0 Å². The Hall–Kier alpha value is -1.84. The fraction of sp³-hybridized carbons (Fsp3) is 0.200. The fourth-order valence-corrected chi connectivity index (χ4v) is 0.919. The molecule has 0 aliphatic carbocycles. The third kappa shape index (κ3) is 2.90. The summed E-state index contributed by atoms with van der Waals surface area (Å²) in [5.41, 5.74) is 0.479. The molecule has 0 radical (unpaired) electrons. The molecule has 0 amide bonds. The average Bonchev–Trinajstić information content (AvgIpc) is 2.19. The fourth-order valence-electron chi connectivity index (χ4n) is 0.919. The minimum atomic E-state index is -0.722. The van der Waals surface area contributed by atoms with Crippen LogP contribution >= 0.6 is 0 Å². The van der Waals surface area contributed by atoms with Crippen molar-refractivity contribution in [2.24, 2.45) is 5.16 Å². The Morgan fingerprint density at radius 3 is 2.64 bits per heavy atom. The third-order valence-electron chi connectivity index (χ3n) is 1.51. The van der Waals surface area contributed by atoms with Crippen LogP contribution in [0.2, 0.25) is 0 Å². The number of carbonyl (C=O) groups excluding carboxylic acids is 1. The molecule has 0 N–H and O–H groups in total. The first kappa shape index (κ1) is 10.2. The standard InChI is InChI=1S/C10H11NO3/c1-8(14-11-2)13-10(12)9-6-4-3-5-7-9/h3-8H,2H2,1H3.